The molecule has 2 fully saturated rings. The third-order valence-electron chi connectivity index (χ3n) is 7.44. The fourth-order valence-electron chi connectivity index (χ4n) is 4.81. The van der Waals surface area contributed by atoms with E-state index in [9.17, 15) is 17.6 Å². The number of piperidine rings is 1. The van der Waals surface area contributed by atoms with Gasteiger partial charge in [-0.15, -0.1) is 0 Å². The Balaban J connectivity index is 1.40. The van der Waals surface area contributed by atoms with Gasteiger partial charge in [-0.1, -0.05) is 23.2 Å². The van der Waals surface area contributed by atoms with Gasteiger partial charge in [0.1, 0.15) is 11.6 Å². The summed E-state index contributed by atoms with van der Waals surface area (Å²) in [5.74, 6) is -1.07. The highest BCUT2D eigenvalue weighted by Gasteiger charge is 2.34. The highest BCUT2D eigenvalue weighted by Crippen LogP contribution is 2.45. The number of hydrogen-bond acceptors (Lipinski definition) is 5. The Morgan fingerprint density at radius 3 is 2.27 bits per heavy atom. The van der Waals surface area contributed by atoms with Crippen LogP contribution in [0.2, 0.25) is 10.0 Å². The minimum atomic E-state index is -3.79. The number of rotatable bonds is 9. The zero-order chi connectivity index (χ0) is 27.0. The Morgan fingerprint density at radius 1 is 1.08 bits per heavy atom. The number of carbonyl (C=O) groups is 1. The predicted octanol–water partition coefficient (Wildman–Crippen LogP) is 6.12. The third-order valence-corrected chi connectivity index (χ3v) is 9.13. The zero-order valence-electron chi connectivity index (χ0n) is 21.3. The molecule has 0 unspecified atom stereocenters. The molecule has 1 N–H and O–H groups in total. The van der Waals surface area contributed by atoms with Crippen molar-refractivity contribution in [3.8, 4) is 5.75 Å². The van der Waals surface area contributed by atoms with Gasteiger partial charge in [-0.25, -0.2) is 17.5 Å². The van der Waals surface area contributed by atoms with E-state index in [4.69, 9.17) is 27.9 Å². The molecule has 1 amide bonds. The third kappa shape index (κ3) is 6.77. The van der Waals surface area contributed by atoms with Gasteiger partial charge in [0.05, 0.1) is 17.9 Å². The molecule has 0 aromatic heterocycles. The van der Waals surface area contributed by atoms with Crippen molar-refractivity contribution in [2.75, 3.05) is 25.4 Å². The van der Waals surface area contributed by atoms with E-state index in [0.717, 1.165) is 49.9 Å². The molecule has 2 aromatic rings. The molecule has 1 aliphatic carbocycles. The molecule has 1 saturated heterocycles. The van der Waals surface area contributed by atoms with E-state index < -0.39 is 21.7 Å². The summed E-state index contributed by atoms with van der Waals surface area (Å²) in [4.78, 5) is 14.8. The summed E-state index contributed by atoms with van der Waals surface area (Å²) in [6.07, 6.45) is 3.71. The molecular formula is C27H33Cl2FN2O4S. The molecule has 37 heavy (non-hydrogen) atoms. The van der Waals surface area contributed by atoms with Gasteiger partial charge in [-0.2, -0.15) is 0 Å². The van der Waals surface area contributed by atoms with Crippen LogP contribution < -0.4 is 9.46 Å². The number of nitrogens with zero attached hydrogens (tertiary/aromatic N) is 1. The van der Waals surface area contributed by atoms with Crippen LogP contribution >= 0.6 is 23.2 Å². The van der Waals surface area contributed by atoms with Gasteiger partial charge in [0.25, 0.3) is 5.91 Å². The molecule has 1 saturated carbocycles. The van der Waals surface area contributed by atoms with Gasteiger partial charge in [-0.05, 0) is 107 Å². The van der Waals surface area contributed by atoms with Crippen molar-refractivity contribution >= 4 is 39.1 Å². The number of hydrogen-bond donors (Lipinski definition) is 1. The Hall–Kier alpha value is -1.87. The maximum Gasteiger partial charge on any atom is 0.267 e. The molecule has 0 radical (unpaired) electrons. The molecule has 10 heteroatoms. The molecule has 0 atom stereocenters. The van der Waals surface area contributed by atoms with Gasteiger partial charge in [0.15, 0.2) is 0 Å². The van der Waals surface area contributed by atoms with Crippen molar-refractivity contribution in [3.05, 3.63) is 62.9 Å². The predicted molar refractivity (Wildman–Crippen MR) is 145 cm³/mol. The SMILES string of the molecule is CCS(=O)(=O)NC(=O)c1cc(C2CC2)c(OCC2CCN(C(C)(C)c3cc(Cl)cc(Cl)c3)CC2)cc1F. The minimum absolute atomic E-state index is 0.192. The van der Waals surface area contributed by atoms with Crippen LogP contribution in [0.1, 0.15) is 73.9 Å². The standard InChI is InChI=1S/C27H33Cl2FN2O4S/c1-4-37(34,35)31-26(33)23-14-22(18-5-6-18)25(15-24(23)30)36-16-17-7-9-32(10-8-17)27(2,3)19-11-20(28)13-21(29)12-19/h11-15,17-18H,4-10,16H2,1-3H3,(H,31,33). The van der Waals surface area contributed by atoms with Crippen LogP contribution in [0.25, 0.3) is 0 Å². The lowest BCUT2D eigenvalue weighted by Crippen LogP contribution is -2.46. The monoisotopic (exact) mass is 570 g/mol. The van der Waals surface area contributed by atoms with E-state index in [1.165, 1.54) is 19.1 Å². The Bertz CT molecular complexity index is 1250. The molecule has 202 valence electrons. The van der Waals surface area contributed by atoms with Crippen LogP contribution in [-0.2, 0) is 15.6 Å². The van der Waals surface area contributed by atoms with Crippen molar-refractivity contribution < 1.29 is 22.3 Å². The van der Waals surface area contributed by atoms with Crippen molar-refractivity contribution in [2.45, 2.75) is 57.9 Å². The number of ether oxygens (including phenoxy) is 1. The van der Waals surface area contributed by atoms with Crippen LogP contribution in [0.4, 0.5) is 4.39 Å². The molecule has 1 aliphatic heterocycles. The van der Waals surface area contributed by atoms with E-state index in [1.54, 1.807) is 6.07 Å². The molecular weight excluding hydrogens is 538 g/mol. The summed E-state index contributed by atoms with van der Waals surface area (Å²) in [6.45, 7) is 7.95. The maximum absolute atomic E-state index is 14.8. The number of halogens is 3. The lowest BCUT2D eigenvalue weighted by atomic mass is 9.88. The largest absolute Gasteiger partial charge is 0.493 e. The van der Waals surface area contributed by atoms with Gasteiger partial charge < -0.3 is 4.74 Å². The molecule has 1 heterocycles. The second-order valence-electron chi connectivity index (χ2n) is 10.4. The quantitative estimate of drug-likeness (QED) is 0.393. The van der Waals surface area contributed by atoms with E-state index >= 15 is 0 Å². The first-order chi connectivity index (χ1) is 17.4. The van der Waals surface area contributed by atoms with Gasteiger partial charge in [-0.3, -0.25) is 9.69 Å². The van der Waals surface area contributed by atoms with Gasteiger partial charge in [0.2, 0.25) is 10.0 Å². The zero-order valence-corrected chi connectivity index (χ0v) is 23.6. The number of nitrogens with one attached hydrogen (secondary N) is 1. The topological polar surface area (TPSA) is 75.7 Å². The van der Waals surface area contributed by atoms with Crippen LogP contribution in [0, 0.1) is 11.7 Å². The maximum atomic E-state index is 14.8. The molecule has 0 bridgehead atoms. The highest BCUT2D eigenvalue weighted by molar-refractivity contribution is 7.90. The lowest BCUT2D eigenvalue weighted by molar-refractivity contribution is 0.0596. The van der Waals surface area contributed by atoms with Crippen LogP contribution in [0.5, 0.6) is 5.75 Å². The summed E-state index contributed by atoms with van der Waals surface area (Å²) < 4.78 is 46.4. The molecule has 2 aliphatic rings. The highest BCUT2D eigenvalue weighted by atomic mass is 35.5. The summed E-state index contributed by atoms with van der Waals surface area (Å²) in [5.41, 5.74) is 1.32. The number of amides is 1. The molecule has 2 aromatic carbocycles. The minimum Gasteiger partial charge on any atom is -0.493 e. The molecule has 6 nitrogen and oxygen atoms in total. The number of benzene rings is 2. The van der Waals surface area contributed by atoms with Gasteiger partial charge >= 0.3 is 0 Å². The summed E-state index contributed by atoms with van der Waals surface area (Å²) in [5, 5.41) is 1.24. The van der Waals surface area contributed by atoms with Gasteiger partial charge in [0, 0.05) is 21.7 Å². The van der Waals surface area contributed by atoms with E-state index in [-0.39, 0.29) is 22.8 Å². The fraction of sp³-hybridized carbons (Fsp3) is 0.519. The van der Waals surface area contributed by atoms with Crippen molar-refractivity contribution in [2.24, 2.45) is 5.92 Å². The average Bonchev–Trinajstić information content (AvgIpc) is 3.67. The van der Waals surface area contributed by atoms with Crippen molar-refractivity contribution in [3.63, 3.8) is 0 Å². The van der Waals surface area contributed by atoms with E-state index in [2.05, 4.69) is 18.7 Å². The number of likely N-dealkylation sites (tertiary alicyclic amines) is 1. The lowest BCUT2D eigenvalue weighted by Gasteiger charge is -2.43. The Morgan fingerprint density at radius 2 is 1.70 bits per heavy atom. The van der Waals surface area contributed by atoms with Crippen LogP contribution in [0.15, 0.2) is 30.3 Å². The van der Waals surface area contributed by atoms with E-state index in [0.29, 0.717) is 28.3 Å². The second-order valence-corrected chi connectivity index (χ2v) is 13.3. The Kier molecular flexibility index (Phi) is 8.43. The smallest absolute Gasteiger partial charge is 0.267 e. The van der Waals surface area contributed by atoms with Crippen LogP contribution in [0.3, 0.4) is 0 Å². The molecule has 4 rings (SSSR count). The first-order valence-electron chi connectivity index (χ1n) is 12.6. The molecule has 0 spiro atoms. The second kappa shape index (κ2) is 11.1. The summed E-state index contributed by atoms with van der Waals surface area (Å²) in [6, 6.07) is 8.32. The fourth-order valence-corrected chi connectivity index (χ4v) is 5.87. The average molecular weight is 572 g/mol. The summed E-state index contributed by atoms with van der Waals surface area (Å²) in [7, 11) is -3.79. The first kappa shape index (κ1) is 28.1. The van der Waals surface area contributed by atoms with Crippen LogP contribution in [-0.4, -0.2) is 44.7 Å². The Labute approximate surface area is 228 Å². The number of carbonyl (C=O) groups excluding carboxylic acids is 1. The normalized spacial score (nSPS) is 17.6. The first-order valence-corrected chi connectivity index (χ1v) is 15.0. The summed E-state index contributed by atoms with van der Waals surface area (Å²) >= 11 is 12.5. The van der Waals surface area contributed by atoms with Crippen molar-refractivity contribution in [1.29, 1.82) is 0 Å². The number of sulfonamides is 1. The van der Waals surface area contributed by atoms with E-state index in [1.807, 2.05) is 16.9 Å². The van der Waals surface area contributed by atoms with Crippen molar-refractivity contribution in [1.82, 2.24) is 9.62 Å².